The van der Waals surface area contributed by atoms with Crippen LogP contribution in [0.2, 0.25) is 0 Å². The van der Waals surface area contributed by atoms with Crippen molar-refractivity contribution < 1.29 is 32.9 Å². The third-order valence-electron chi connectivity index (χ3n) is 8.89. The second kappa shape index (κ2) is 12.2. The summed E-state index contributed by atoms with van der Waals surface area (Å²) < 4.78 is 32.0. The fourth-order valence-electron chi connectivity index (χ4n) is 6.58. The van der Waals surface area contributed by atoms with Crippen molar-refractivity contribution >= 4 is 29.3 Å². The summed E-state index contributed by atoms with van der Waals surface area (Å²) in [6.45, 7) is 10.5. The summed E-state index contributed by atoms with van der Waals surface area (Å²) in [7, 11) is 0. The van der Waals surface area contributed by atoms with E-state index in [1.54, 1.807) is 26.8 Å². The van der Waals surface area contributed by atoms with E-state index in [1.807, 2.05) is 6.92 Å². The van der Waals surface area contributed by atoms with Gasteiger partial charge in [0.15, 0.2) is 5.69 Å². The number of benzene rings is 1. The van der Waals surface area contributed by atoms with Crippen LogP contribution >= 0.6 is 0 Å². The summed E-state index contributed by atoms with van der Waals surface area (Å²) in [5.41, 5.74) is 0.111. The lowest BCUT2D eigenvalue weighted by molar-refractivity contribution is -0.119. The molecule has 234 valence electrons. The highest BCUT2D eigenvalue weighted by Crippen LogP contribution is 2.49. The van der Waals surface area contributed by atoms with Gasteiger partial charge in [0.2, 0.25) is 5.91 Å². The number of carbonyl (C=O) groups is 3. The molecule has 1 aromatic carbocycles. The van der Waals surface area contributed by atoms with E-state index in [0.29, 0.717) is 55.3 Å². The number of halogens is 1. The predicted octanol–water partition coefficient (Wildman–Crippen LogP) is 5.14. The summed E-state index contributed by atoms with van der Waals surface area (Å²) >= 11 is 0. The van der Waals surface area contributed by atoms with E-state index >= 15 is 4.39 Å². The van der Waals surface area contributed by atoms with Gasteiger partial charge in [-0.05, 0) is 82.0 Å². The monoisotopic (exact) mass is 599 g/mol. The Hall–Kier alpha value is -3.54. The van der Waals surface area contributed by atoms with Gasteiger partial charge in [-0.25, -0.2) is 13.8 Å². The number of amides is 3. The minimum atomic E-state index is -0.887. The van der Waals surface area contributed by atoms with Gasteiger partial charge < -0.3 is 20.1 Å². The normalized spacial score (nSPS) is 22.1. The third-order valence-corrected chi connectivity index (χ3v) is 8.89. The second-order valence-corrected chi connectivity index (χ2v) is 13.2. The molecule has 0 radical (unpaired) electrons. The molecule has 12 heteroatoms. The van der Waals surface area contributed by atoms with Gasteiger partial charge in [0.25, 0.3) is 5.91 Å². The van der Waals surface area contributed by atoms with E-state index < -0.39 is 40.8 Å². The van der Waals surface area contributed by atoms with Crippen LogP contribution in [0.25, 0.3) is 0 Å². The van der Waals surface area contributed by atoms with Crippen LogP contribution in [0, 0.1) is 17.7 Å². The van der Waals surface area contributed by atoms with E-state index in [0.717, 1.165) is 25.7 Å². The first-order valence-electron chi connectivity index (χ1n) is 15.3. The van der Waals surface area contributed by atoms with Crippen LogP contribution in [0.3, 0.4) is 0 Å². The molecule has 1 aromatic heterocycles. The summed E-state index contributed by atoms with van der Waals surface area (Å²) in [5.74, 6) is -1.11. The minimum Gasteiger partial charge on any atom is -0.443 e. The lowest BCUT2D eigenvalue weighted by atomic mass is 9.75. The largest absolute Gasteiger partial charge is 0.443 e. The zero-order valence-corrected chi connectivity index (χ0v) is 25.6. The molecule has 2 aromatic rings. The van der Waals surface area contributed by atoms with Gasteiger partial charge in [-0.3, -0.25) is 14.5 Å². The number of rotatable bonds is 6. The number of carbonyl (C=O) groups excluding carboxylic acids is 3. The molecule has 2 aliphatic heterocycles. The lowest BCUT2D eigenvalue weighted by Crippen LogP contribution is -2.49. The molecule has 1 aliphatic carbocycles. The first kappa shape index (κ1) is 30.9. The van der Waals surface area contributed by atoms with E-state index in [-0.39, 0.29) is 23.8 Å². The molecule has 11 nitrogen and oxygen atoms in total. The Morgan fingerprint density at radius 1 is 1.14 bits per heavy atom. The Morgan fingerprint density at radius 2 is 1.84 bits per heavy atom. The number of nitrogens with zero attached hydrogens (tertiary/aromatic N) is 3. The molecule has 0 bridgehead atoms. The number of anilines is 2. The van der Waals surface area contributed by atoms with Crippen LogP contribution in [0.5, 0.6) is 0 Å². The fraction of sp³-hybridized carbons (Fsp3) is 0.645. The maximum atomic E-state index is 16.0. The van der Waals surface area contributed by atoms with E-state index in [2.05, 4.69) is 27.9 Å². The van der Waals surface area contributed by atoms with Gasteiger partial charge in [-0.2, -0.15) is 0 Å². The van der Waals surface area contributed by atoms with Crippen LogP contribution in [-0.4, -0.2) is 59.6 Å². The summed E-state index contributed by atoms with van der Waals surface area (Å²) in [4.78, 5) is 41.8. The van der Waals surface area contributed by atoms with Crippen molar-refractivity contribution in [2.45, 2.75) is 96.6 Å². The molecule has 3 heterocycles. The molecule has 2 fully saturated rings. The van der Waals surface area contributed by atoms with Gasteiger partial charge in [0, 0.05) is 36.4 Å². The van der Waals surface area contributed by atoms with Crippen molar-refractivity contribution in [3.8, 4) is 0 Å². The van der Waals surface area contributed by atoms with Crippen molar-refractivity contribution in [3.63, 3.8) is 0 Å². The summed E-state index contributed by atoms with van der Waals surface area (Å²) in [6.07, 6.45) is 4.37. The number of hydrogen-bond donors (Lipinski definition) is 2. The van der Waals surface area contributed by atoms with Crippen LogP contribution in [-0.2, 0) is 26.1 Å². The van der Waals surface area contributed by atoms with E-state index in [9.17, 15) is 14.4 Å². The second-order valence-electron chi connectivity index (χ2n) is 13.2. The molecule has 5 rings (SSSR count). The third kappa shape index (κ3) is 6.53. The van der Waals surface area contributed by atoms with Gasteiger partial charge in [-0.15, -0.1) is 0 Å². The Kier molecular flexibility index (Phi) is 8.78. The number of aryl methyl sites for hydroxylation is 1. The molecule has 0 unspecified atom stereocenters. The number of hydrogen-bond acceptors (Lipinski definition) is 8. The lowest BCUT2D eigenvalue weighted by Gasteiger charge is -2.34. The van der Waals surface area contributed by atoms with Gasteiger partial charge in [0.05, 0.1) is 5.69 Å². The first-order valence-corrected chi connectivity index (χ1v) is 15.3. The SMILES string of the molecule is CCc1nonc1C(=O)N[C@H](C(=O)Nc1cc(F)c2c(c1)N(C(=O)OC(C)(C)C)CC21CCOCC1)C1CCC(C)CC1. The topological polar surface area (TPSA) is 136 Å². The maximum Gasteiger partial charge on any atom is 0.414 e. The fourth-order valence-corrected chi connectivity index (χ4v) is 6.58. The molecule has 3 aliphatic rings. The van der Waals surface area contributed by atoms with Crippen molar-refractivity contribution in [3.05, 3.63) is 34.9 Å². The minimum absolute atomic E-state index is 0.0443. The smallest absolute Gasteiger partial charge is 0.414 e. The summed E-state index contributed by atoms with van der Waals surface area (Å²) in [5, 5.41) is 13.2. The Bertz CT molecular complexity index is 1360. The van der Waals surface area contributed by atoms with Gasteiger partial charge in [0.1, 0.15) is 23.2 Å². The molecule has 1 spiro atoms. The zero-order chi connectivity index (χ0) is 30.9. The molecule has 2 N–H and O–H groups in total. The molecular weight excluding hydrogens is 557 g/mol. The van der Waals surface area contributed by atoms with Crippen LogP contribution in [0.15, 0.2) is 16.8 Å². The van der Waals surface area contributed by atoms with Gasteiger partial charge >= 0.3 is 6.09 Å². The van der Waals surface area contributed by atoms with Crippen LogP contribution in [0.1, 0.15) is 94.9 Å². The van der Waals surface area contributed by atoms with Crippen molar-refractivity contribution in [2.24, 2.45) is 11.8 Å². The predicted molar refractivity (Wildman–Crippen MR) is 156 cm³/mol. The highest BCUT2D eigenvalue weighted by molar-refractivity contribution is 6.02. The number of ether oxygens (including phenoxy) is 2. The Morgan fingerprint density at radius 3 is 2.49 bits per heavy atom. The van der Waals surface area contributed by atoms with E-state index in [1.165, 1.54) is 11.0 Å². The zero-order valence-electron chi connectivity index (χ0n) is 25.6. The van der Waals surface area contributed by atoms with Crippen molar-refractivity contribution in [1.29, 1.82) is 0 Å². The standard InChI is InChI=1S/C31H42FN5O6/c1-6-22-26(36-43-35-22)28(39)34-25(19-9-7-18(2)8-10-19)27(38)33-20-15-21(32)24-23(16-20)37(29(40)42-30(3,4)5)17-31(24)11-13-41-14-12-31/h15-16,18-19,25H,6-14,17H2,1-5H3,(H,33,38)(H,34,39)/t18?,19?,25-/m0/s1. The maximum absolute atomic E-state index is 16.0. The molecular formula is C31H42FN5O6. The van der Waals surface area contributed by atoms with Crippen LogP contribution in [0.4, 0.5) is 20.6 Å². The number of aromatic nitrogens is 2. The first-order chi connectivity index (χ1) is 20.4. The van der Waals surface area contributed by atoms with Crippen molar-refractivity contribution in [1.82, 2.24) is 15.6 Å². The quantitative estimate of drug-likeness (QED) is 0.466. The molecule has 1 atom stereocenters. The molecule has 43 heavy (non-hydrogen) atoms. The molecule has 1 saturated heterocycles. The van der Waals surface area contributed by atoms with Gasteiger partial charge in [-0.1, -0.05) is 31.8 Å². The highest BCUT2D eigenvalue weighted by atomic mass is 19.1. The average Bonchev–Trinajstić information content (AvgIpc) is 3.55. The number of fused-ring (bicyclic) bond motifs is 2. The molecule has 1 saturated carbocycles. The Labute approximate surface area is 251 Å². The molecule has 3 amide bonds. The summed E-state index contributed by atoms with van der Waals surface area (Å²) in [6, 6.07) is 2.04. The highest BCUT2D eigenvalue weighted by Gasteiger charge is 2.49. The number of nitrogens with one attached hydrogen (secondary N) is 2. The van der Waals surface area contributed by atoms with E-state index in [4.69, 9.17) is 14.1 Å². The Balaban J connectivity index is 1.44. The average molecular weight is 600 g/mol. The van der Waals surface area contributed by atoms with Crippen LogP contribution < -0.4 is 15.5 Å². The van der Waals surface area contributed by atoms with Crippen molar-refractivity contribution in [2.75, 3.05) is 30.0 Å².